The van der Waals surface area contributed by atoms with Gasteiger partial charge >= 0.3 is 11.9 Å². The molecular formula is C18H25NO6. The van der Waals surface area contributed by atoms with Gasteiger partial charge in [0.2, 0.25) is 0 Å². The molecule has 138 valence electrons. The van der Waals surface area contributed by atoms with Crippen LogP contribution in [0.25, 0.3) is 0 Å². The molecule has 1 saturated heterocycles. The summed E-state index contributed by atoms with van der Waals surface area (Å²) < 4.78 is 5.30. The van der Waals surface area contributed by atoms with Crippen LogP contribution in [0.1, 0.15) is 31.7 Å². The molecule has 1 fully saturated rings. The van der Waals surface area contributed by atoms with E-state index in [1.54, 1.807) is 12.1 Å². The fourth-order valence-corrected chi connectivity index (χ4v) is 3.43. The summed E-state index contributed by atoms with van der Waals surface area (Å²) in [5, 5.41) is 28.8. The van der Waals surface area contributed by atoms with Crippen LogP contribution in [-0.4, -0.2) is 58.0 Å². The zero-order valence-electron chi connectivity index (χ0n) is 14.4. The Hall–Kier alpha value is -2.12. The monoisotopic (exact) mass is 351 g/mol. The SMILES string of the molecule is CCC[C@]1(C(=O)O)CCN(Cc2ccccc2OCC(=O)O)C[C@@H]1O. The normalized spacial score (nSPS) is 24.0. The number of rotatable bonds is 8. The average molecular weight is 351 g/mol. The van der Waals surface area contributed by atoms with Crippen molar-refractivity contribution in [3.63, 3.8) is 0 Å². The van der Waals surface area contributed by atoms with Crippen LogP contribution in [0.15, 0.2) is 24.3 Å². The Labute approximate surface area is 146 Å². The molecule has 0 radical (unpaired) electrons. The molecule has 0 amide bonds. The zero-order valence-corrected chi connectivity index (χ0v) is 14.4. The summed E-state index contributed by atoms with van der Waals surface area (Å²) in [6.45, 7) is 2.78. The number of hydrogen-bond acceptors (Lipinski definition) is 5. The number of hydrogen-bond donors (Lipinski definition) is 3. The van der Waals surface area contributed by atoms with Crippen molar-refractivity contribution in [2.24, 2.45) is 5.41 Å². The molecular weight excluding hydrogens is 326 g/mol. The summed E-state index contributed by atoms with van der Waals surface area (Å²) in [6.07, 6.45) is 0.603. The van der Waals surface area contributed by atoms with E-state index in [1.807, 2.05) is 24.0 Å². The Bertz CT molecular complexity index is 619. The molecule has 25 heavy (non-hydrogen) atoms. The number of carboxylic acids is 2. The lowest BCUT2D eigenvalue weighted by atomic mass is 9.73. The summed E-state index contributed by atoms with van der Waals surface area (Å²) in [4.78, 5) is 24.4. The summed E-state index contributed by atoms with van der Waals surface area (Å²) in [5.41, 5.74) is -0.265. The Morgan fingerprint density at radius 2 is 2.04 bits per heavy atom. The van der Waals surface area contributed by atoms with E-state index >= 15 is 0 Å². The van der Waals surface area contributed by atoms with Gasteiger partial charge in [-0.1, -0.05) is 31.5 Å². The van der Waals surface area contributed by atoms with Crippen LogP contribution in [0.4, 0.5) is 0 Å². The van der Waals surface area contributed by atoms with Crippen LogP contribution in [0.3, 0.4) is 0 Å². The van der Waals surface area contributed by atoms with Crippen LogP contribution in [0.2, 0.25) is 0 Å². The molecule has 1 aromatic carbocycles. The lowest BCUT2D eigenvalue weighted by molar-refractivity contribution is -0.164. The average Bonchev–Trinajstić information content (AvgIpc) is 2.56. The van der Waals surface area contributed by atoms with Crippen LogP contribution in [0.5, 0.6) is 5.75 Å². The fraction of sp³-hybridized carbons (Fsp3) is 0.556. The van der Waals surface area contributed by atoms with E-state index in [9.17, 15) is 19.8 Å². The van der Waals surface area contributed by atoms with Gasteiger partial charge in [-0.3, -0.25) is 9.69 Å². The van der Waals surface area contributed by atoms with Gasteiger partial charge in [0.25, 0.3) is 0 Å². The number of aliphatic hydroxyl groups excluding tert-OH is 1. The molecule has 2 atom stereocenters. The number of aliphatic hydroxyl groups is 1. The van der Waals surface area contributed by atoms with E-state index in [2.05, 4.69) is 0 Å². The quantitative estimate of drug-likeness (QED) is 0.653. The number of likely N-dealkylation sites (tertiary alicyclic amines) is 1. The molecule has 0 aromatic heterocycles. The minimum absolute atomic E-state index is 0.263. The summed E-state index contributed by atoms with van der Waals surface area (Å²) in [7, 11) is 0. The van der Waals surface area contributed by atoms with Crippen LogP contribution in [-0.2, 0) is 16.1 Å². The van der Waals surface area contributed by atoms with Crippen molar-refractivity contribution < 1.29 is 29.6 Å². The van der Waals surface area contributed by atoms with Gasteiger partial charge in [0.05, 0.1) is 11.5 Å². The predicted octanol–water partition coefficient (Wildman–Crippen LogP) is 1.59. The molecule has 2 rings (SSSR count). The largest absolute Gasteiger partial charge is 0.482 e. The fourth-order valence-electron chi connectivity index (χ4n) is 3.43. The summed E-state index contributed by atoms with van der Waals surface area (Å²) in [6, 6.07) is 7.15. The standard InChI is InChI=1S/C18H25NO6/c1-2-7-18(17(23)24)8-9-19(11-15(18)20)10-13-5-3-4-6-14(13)25-12-16(21)22/h3-6,15,20H,2,7-12H2,1H3,(H,21,22)(H,23,24)/t15-,18-/m0/s1. The number of carbonyl (C=O) groups is 2. The Kier molecular flexibility index (Phi) is 6.39. The second kappa shape index (κ2) is 8.31. The molecule has 1 aromatic rings. The van der Waals surface area contributed by atoms with Crippen LogP contribution < -0.4 is 4.74 Å². The Balaban J connectivity index is 2.06. The molecule has 0 bridgehead atoms. The molecule has 1 heterocycles. The molecule has 3 N–H and O–H groups in total. The van der Waals surface area contributed by atoms with E-state index in [0.717, 1.165) is 5.56 Å². The number of nitrogens with zero attached hydrogens (tertiary/aromatic N) is 1. The second-order valence-electron chi connectivity index (χ2n) is 6.50. The first-order chi connectivity index (χ1) is 11.9. The third-order valence-electron chi connectivity index (χ3n) is 4.78. The molecule has 0 aliphatic carbocycles. The van der Waals surface area contributed by atoms with Gasteiger partial charge in [-0.05, 0) is 25.5 Å². The van der Waals surface area contributed by atoms with E-state index in [0.29, 0.717) is 38.1 Å². The molecule has 7 nitrogen and oxygen atoms in total. The second-order valence-corrected chi connectivity index (χ2v) is 6.50. The van der Waals surface area contributed by atoms with Gasteiger partial charge < -0.3 is 20.1 Å². The lowest BCUT2D eigenvalue weighted by Crippen LogP contribution is -2.54. The number of piperidine rings is 1. The first-order valence-corrected chi connectivity index (χ1v) is 8.45. The highest BCUT2D eigenvalue weighted by atomic mass is 16.5. The van der Waals surface area contributed by atoms with E-state index in [1.165, 1.54) is 0 Å². The number of ether oxygens (including phenoxy) is 1. The number of β-amino-alcohol motifs (C(OH)–C–C–N with tert-alkyl or cyclic N) is 1. The minimum atomic E-state index is -1.08. The molecule has 1 aliphatic heterocycles. The lowest BCUT2D eigenvalue weighted by Gasteiger charge is -2.42. The maximum absolute atomic E-state index is 11.7. The van der Waals surface area contributed by atoms with Crippen molar-refractivity contribution in [2.45, 2.75) is 38.8 Å². The van der Waals surface area contributed by atoms with Crippen molar-refractivity contribution in [3.8, 4) is 5.75 Å². The van der Waals surface area contributed by atoms with Crippen LogP contribution >= 0.6 is 0 Å². The smallest absolute Gasteiger partial charge is 0.341 e. The number of para-hydroxylation sites is 1. The van der Waals surface area contributed by atoms with Crippen molar-refractivity contribution in [3.05, 3.63) is 29.8 Å². The first-order valence-electron chi connectivity index (χ1n) is 8.45. The van der Waals surface area contributed by atoms with Gasteiger partial charge in [-0.2, -0.15) is 0 Å². The molecule has 7 heteroatoms. The van der Waals surface area contributed by atoms with Crippen molar-refractivity contribution in [1.29, 1.82) is 0 Å². The van der Waals surface area contributed by atoms with Crippen molar-refractivity contribution >= 4 is 11.9 Å². The van der Waals surface area contributed by atoms with Crippen LogP contribution in [0, 0.1) is 5.41 Å². The Morgan fingerprint density at radius 3 is 2.64 bits per heavy atom. The summed E-state index contributed by atoms with van der Waals surface area (Å²) >= 11 is 0. The minimum Gasteiger partial charge on any atom is -0.482 e. The summed E-state index contributed by atoms with van der Waals surface area (Å²) in [5.74, 6) is -1.50. The molecule has 0 unspecified atom stereocenters. The molecule has 0 spiro atoms. The Morgan fingerprint density at radius 1 is 1.32 bits per heavy atom. The maximum atomic E-state index is 11.7. The van der Waals surface area contributed by atoms with Gasteiger partial charge in [0.15, 0.2) is 6.61 Å². The van der Waals surface area contributed by atoms with Crippen molar-refractivity contribution in [1.82, 2.24) is 4.90 Å². The van der Waals surface area contributed by atoms with Gasteiger partial charge in [0.1, 0.15) is 5.75 Å². The first kappa shape index (κ1) is 19.2. The third kappa shape index (κ3) is 4.49. The van der Waals surface area contributed by atoms with Gasteiger partial charge in [0, 0.05) is 18.7 Å². The maximum Gasteiger partial charge on any atom is 0.341 e. The number of benzene rings is 1. The van der Waals surface area contributed by atoms with E-state index in [4.69, 9.17) is 9.84 Å². The highest BCUT2D eigenvalue weighted by molar-refractivity contribution is 5.75. The topological polar surface area (TPSA) is 107 Å². The number of aliphatic carboxylic acids is 2. The third-order valence-corrected chi connectivity index (χ3v) is 4.78. The number of carboxylic acid groups (broad SMARTS) is 2. The predicted molar refractivity (Wildman–Crippen MR) is 90.5 cm³/mol. The highest BCUT2D eigenvalue weighted by Crippen LogP contribution is 2.37. The van der Waals surface area contributed by atoms with E-state index < -0.39 is 30.1 Å². The zero-order chi connectivity index (χ0) is 18.4. The van der Waals surface area contributed by atoms with E-state index in [-0.39, 0.29) is 6.54 Å². The van der Waals surface area contributed by atoms with Gasteiger partial charge in [-0.15, -0.1) is 0 Å². The highest BCUT2D eigenvalue weighted by Gasteiger charge is 2.47. The van der Waals surface area contributed by atoms with Gasteiger partial charge in [-0.25, -0.2) is 4.79 Å². The molecule has 1 aliphatic rings. The van der Waals surface area contributed by atoms with Crippen molar-refractivity contribution in [2.75, 3.05) is 19.7 Å². The molecule has 0 saturated carbocycles.